The second-order valence-corrected chi connectivity index (χ2v) is 4.92. The van der Waals surface area contributed by atoms with Gasteiger partial charge in [0.1, 0.15) is 0 Å². The number of rotatable bonds is 5. The average molecular weight is 313 g/mol. The molecular formula is C10H7F4NO2S2. The van der Waals surface area contributed by atoms with E-state index in [1.165, 1.54) is 0 Å². The van der Waals surface area contributed by atoms with Crippen LogP contribution in [0, 0.1) is 23.3 Å². The number of carbonyl (C=O) groups is 1. The van der Waals surface area contributed by atoms with E-state index in [9.17, 15) is 22.4 Å². The van der Waals surface area contributed by atoms with Crippen molar-refractivity contribution in [3.63, 3.8) is 0 Å². The van der Waals surface area contributed by atoms with Crippen molar-refractivity contribution in [2.75, 3.05) is 5.75 Å². The molecule has 0 amide bonds. The number of thioether (sulfide) groups is 1. The van der Waals surface area contributed by atoms with Crippen molar-refractivity contribution in [2.45, 2.75) is 5.54 Å². The highest BCUT2D eigenvalue weighted by Gasteiger charge is 2.40. The Morgan fingerprint density at radius 3 is 2.42 bits per heavy atom. The number of aliphatic carboxylic acids is 1. The smallest absolute Gasteiger partial charge is 0.329 e. The third kappa shape index (κ3) is 2.88. The molecule has 0 radical (unpaired) electrons. The number of nitrogens with two attached hydrogens (primary N) is 1. The standard InChI is InChI=1S/C10H7F4NO2S2/c11-5-1-4(6(12)8(14)7(5)13)10(15,9(16)17)2-19-3-18/h1,3H,2,15H2,(H,16,17). The molecule has 0 saturated carbocycles. The minimum atomic E-state index is -2.43. The predicted octanol–water partition coefficient (Wildman–Crippen LogP) is 2.17. The van der Waals surface area contributed by atoms with Crippen LogP contribution in [-0.4, -0.2) is 21.5 Å². The third-order valence-corrected chi connectivity index (χ3v) is 3.51. The molecule has 3 nitrogen and oxygen atoms in total. The second-order valence-electron chi connectivity index (χ2n) is 3.53. The summed E-state index contributed by atoms with van der Waals surface area (Å²) in [6.07, 6.45) is 0. The molecule has 0 heterocycles. The SMILES string of the molecule is NC(CSC=S)(C(=O)O)c1cc(F)c(F)c(F)c1F. The molecule has 0 saturated heterocycles. The maximum absolute atomic E-state index is 13.6. The molecule has 1 rings (SSSR count). The molecule has 104 valence electrons. The van der Waals surface area contributed by atoms with Crippen LogP contribution in [-0.2, 0) is 10.3 Å². The van der Waals surface area contributed by atoms with Gasteiger partial charge in [0.25, 0.3) is 0 Å². The first-order valence-electron chi connectivity index (χ1n) is 4.66. The summed E-state index contributed by atoms with van der Waals surface area (Å²) in [5, 5.41) is 9.00. The summed E-state index contributed by atoms with van der Waals surface area (Å²) < 4.78 is 53.6. The van der Waals surface area contributed by atoms with Gasteiger partial charge >= 0.3 is 5.97 Å². The van der Waals surface area contributed by atoms with Crippen LogP contribution in [0.4, 0.5) is 17.6 Å². The van der Waals surface area contributed by atoms with E-state index in [1.807, 2.05) is 0 Å². The average Bonchev–Trinajstić information content (AvgIpc) is 2.37. The van der Waals surface area contributed by atoms with Gasteiger partial charge < -0.3 is 10.8 Å². The number of carboxylic acids is 1. The Bertz CT molecular complexity index is 541. The zero-order valence-corrected chi connectivity index (χ0v) is 10.8. The third-order valence-electron chi connectivity index (χ3n) is 2.34. The van der Waals surface area contributed by atoms with E-state index in [0.29, 0.717) is 0 Å². The first kappa shape index (κ1) is 15.9. The summed E-state index contributed by atoms with van der Waals surface area (Å²) in [5.74, 6) is -9.89. The monoisotopic (exact) mass is 313 g/mol. The summed E-state index contributed by atoms with van der Waals surface area (Å²) in [4.78, 5) is 11.1. The van der Waals surface area contributed by atoms with Crippen LogP contribution in [0.5, 0.6) is 0 Å². The second kappa shape index (κ2) is 5.85. The lowest BCUT2D eigenvalue weighted by Gasteiger charge is -2.24. The lowest BCUT2D eigenvalue weighted by atomic mass is 9.92. The minimum absolute atomic E-state index is 0.228. The molecule has 0 aliphatic heterocycles. The van der Waals surface area contributed by atoms with Gasteiger partial charge in [-0.1, -0.05) is 12.2 Å². The fraction of sp³-hybridized carbons (Fsp3) is 0.200. The molecule has 1 atom stereocenters. The van der Waals surface area contributed by atoms with E-state index in [2.05, 4.69) is 12.2 Å². The molecule has 0 bridgehead atoms. The van der Waals surface area contributed by atoms with Crippen LogP contribution in [0.15, 0.2) is 6.07 Å². The number of thiocarbonyl (C=S) groups is 1. The van der Waals surface area contributed by atoms with Gasteiger partial charge in [-0.25, -0.2) is 22.4 Å². The van der Waals surface area contributed by atoms with Gasteiger partial charge in [-0.15, -0.1) is 11.8 Å². The highest BCUT2D eigenvalue weighted by molar-refractivity contribution is 8.20. The van der Waals surface area contributed by atoms with Gasteiger partial charge in [-0.05, 0) is 6.07 Å². The molecule has 9 heteroatoms. The quantitative estimate of drug-likeness (QED) is 0.377. The van der Waals surface area contributed by atoms with Crippen molar-refractivity contribution in [2.24, 2.45) is 5.73 Å². The van der Waals surface area contributed by atoms with Crippen molar-refractivity contribution in [3.8, 4) is 0 Å². The van der Waals surface area contributed by atoms with Gasteiger partial charge in [-0.2, -0.15) is 0 Å². The van der Waals surface area contributed by atoms with Crippen LogP contribution in [0.1, 0.15) is 5.56 Å². The summed E-state index contributed by atoms with van der Waals surface area (Å²) in [6.45, 7) is 0. The molecule has 1 aromatic carbocycles. The van der Waals surface area contributed by atoms with Crippen LogP contribution in [0.3, 0.4) is 0 Å². The molecular weight excluding hydrogens is 306 g/mol. The Kier molecular flexibility index (Phi) is 4.88. The van der Waals surface area contributed by atoms with E-state index in [4.69, 9.17) is 10.8 Å². The van der Waals surface area contributed by atoms with E-state index >= 15 is 0 Å². The Balaban J connectivity index is 3.47. The Morgan fingerprint density at radius 1 is 1.37 bits per heavy atom. The lowest BCUT2D eigenvalue weighted by molar-refractivity contribution is -0.142. The number of benzene rings is 1. The van der Waals surface area contributed by atoms with Crippen LogP contribution in [0.25, 0.3) is 0 Å². The summed E-state index contributed by atoms with van der Waals surface area (Å²) >= 11 is 5.19. The number of carboxylic acid groups (broad SMARTS) is 1. The number of hydrogen-bond acceptors (Lipinski definition) is 4. The zero-order chi connectivity index (χ0) is 14.8. The van der Waals surface area contributed by atoms with Crippen molar-refractivity contribution in [1.29, 1.82) is 0 Å². The molecule has 0 aliphatic rings. The molecule has 0 spiro atoms. The Hall–Kier alpha value is -1.19. The lowest BCUT2D eigenvalue weighted by Crippen LogP contribution is -2.48. The van der Waals surface area contributed by atoms with Crippen molar-refractivity contribution in [1.82, 2.24) is 0 Å². The fourth-order valence-corrected chi connectivity index (χ4v) is 2.13. The van der Waals surface area contributed by atoms with Gasteiger partial charge in [-0.3, -0.25) is 0 Å². The van der Waals surface area contributed by atoms with E-state index in [1.54, 1.807) is 0 Å². The highest BCUT2D eigenvalue weighted by atomic mass is 32.2. The van der Waals surface area contributed by atoms with Crippen LogP contribution in [0.2, 0.25) is 0 Å². The Labute approximate surface area is 114 Å². The molecule has 3 N–H and O–H groups in total. The highest BCUT2D eigenvalue weighted by Crippen LogP contribution is 2.29. The maximum Gasteiger partial charge on any atom is 0.329 e. The molecule has 1 unspecified atom stereocenters. The summed E-state index contributed by atoms with van der Waals surface area (Å²) in [5.41, 5.74) is 2.04. The van der Waals surface area contributed by atoms with Gasteiger partial charge in [0.05, 0.1) is 0 Å². The largest absolute Gasteiger partial charge is 0.480 e. The van der Waals surface area contributed by atoms with E-state index in [-0.39, 0.29) is 6.07 Å². The maximum atomic E-state index is 13.6. The number of halogens is 4. The number of hydrogen-bond donors (Lipinski definition) is 2. The van der Waals surface area contributed by atoms with Gasteiger partial charge in [0, 0.05) is 16.0 Å². The van der Waals surface area contributed by atoms with Gasteiger partial charge in [0.2, 0.25) is 0 Å². The van der Waals surface area contributed by atoms with Gasteiger partial charge in [0.15, 0.2) is 28.8 Å². The molecule has 0 aliphatic carbocycles. The zero-order valence-electron chi connectivity index (χ0n) is 9.12. The Morgan fingerprint density at radius 2 is 1.95 bits per heavy atom. The molecule has 1 aromatic rings. The summed E-state index contributed by atoms with van der Waals surface area (Å²) in [6, 6.07) is 0.228. The first-order chi connectivity index (χ1) is 8.75. The van der Waals surface area contributed by atoms with Crippen molar-refractivity contribution < 1.29 is 27.5 Å². The minimum Gasteiger partial charge on any atom is -0.480 e. The molecule has 19 heavy (non-hydrogen) atoms. The predicted molar refractivity (Wildman–Crippen MR) is 65.9 cm³/mol. The van der Waals surface area contributed by atoms with Crippen LogP contribution >= 0.6 is 24.0 Å². The first-order valence-corrected chi connectivity index (χ1v) is 6.18. The van der Waals surface area contributed by atoms with E-state index in [0.717, 1.165) is 16.5 Å². The molecule has 0 fully saturated rings. The topological polar surface area (TPSA) is 63.3 Å². The molecule has 0 aromatic heterocycles. The van der Waals surface area contributed by atoms with Crippen molar-refractivity contribution >= 4 is 34.6 Å². The van der Waals surface area contributed by atoms with E-state index < -0.39 is 46.1 Å². The summed E-state index contributed by atoms with van der Waals surface area (Å²) in [7, 11) is 0. The normalized spacial score (nSPS) is 13.9. The fourth-order valence-electron chi connectivity index (χ4n) is 1.32. The van der Waals surface area contributed by atoms with Crippen LogP contribution < -0.4 is 5.73 Å². The van der Waals surface area contributed by atoms with Crippen molar-refractivity contribution in [3.05, 3.63) is 34.9 Å².